The third kappa shape index (κ3) is 2.93. The molecule has 0 bridgehead atoms. The van der Waals surface area contributed by atoms with Crippen LogP contribution in [0.5, 0.6) is 5.75 Å². The van der Waals surface area contributed by atoms with E-state index in [9.17, 15) is 10.1 Å². The number of hydrogen-bond acceptors (Lipinski definition) is 8. The fourth-order valence-corrected chi connectivity index (χ4v) is 2.92. The first-order chi connectivity index (χ1) is 11.6. The second kappa shape index (κ2) is 6.66. The zero-order chi connectivity index (χ0) is 17.1. The Kier molecular flexibility index (Phi) is 4.42. The first-order valence-corrected chi connectivity index (χ1v) is 7.77. The maximum absolute atomic E-state index is 11.1. The Morgan fingerprint density at radius 2 is 2.17 bits per heavy atom. The van der Waals surface area contributed by atoms with Gasteiger partial charge in [0, 0.05) is 7.05 Å². The zero-order valence-electron chi connectivity index (χ0n) is 12.9. The number of rotatable bonds is 6. The fraction of sp³-hybridized carbons (Fsp3) is 0.231. The average molecular weight is 347 g/mol. The van der Waals surface area contributed by atoms with Crippen molar-refractivity contribution in [2.75, 3.05) is 6.61 Å². The minimum atomic E-state index is -0.537. The van der Waals surface area contributed by atoms with Gasteiger partial charge in [0.05, 0.1) is 6.61 Å². The molecule has 1 aromatic carbocycles. The highest BCUT2D eigenvalue weighted by atomic mass is 32.2. The molecule has 0 saturated heterocycles. The minimum absolute atomic E-state index is 0.241. The number of ether oxygens (including phenoxy) is 1. The predicted octanol–water partition coefficient (Wildman–Crippen LogP) is 1.85. The van der Waals surface area contributed by atoms with E-state index in [1.54, 1.807) is 11.6 Å². The Labute approximate surface area is 140 Å². The molecule has 24 heavy (non-hydrogen) atoms. The predicted molar refractivity (Wildman–Crippen MR) is 84.3 cm³/mol. The van der Waals surface area contributed by atoms with Crippen LogP contribution in [0, 0.1) is 10.1 Å². The normalized spacial score (nSPS) is 10.8. The number of hydrogen-bond donors (Lipinski definition) is 0. The summed E-state index contributed by atoms with van der Waals surface area (Å²) in [6, 6.07) is 7.29. The van der Waals surface area contributed by atoms with Crippen LogP contribution >= 0.6 is 11.8 Å². The van der Waals surface area contributed by atoms with Crippen LogP contribution in [0.1, 0.15) is 6.92 Å². The van der Waals surface area contributed by atoms with E-state index in [-0.39, 0.29) is 5.82 Å². The maximum Gasteiger partial charge on any atom is 0.396 e. The van der Waals surface area contributed by atoms with Crippen molar-refractivity contribution >= 4 is 17.6 Å². The van der Waals surface area contributed by atoms with Crippen molar-refractivity contribution in [1.82, 2.24) is 29.8 Å². The zero-order valence-corrected chi connectivity index (χ0v) is 13.7. The monoisotopic (exact) mass is 347 g/mol. The molecular weight excluding hydrogens is 334 g/mol. The number of nitrogens with zero attached hydrogens (tertiary/aromatic N) is 7. The van der Waals surface area contributed by atoms with Gasteiger partial charge in [-0.1, -0.05) is 12.1 Å². The van der Waals surface area contributed by atoms with Crippen LogP contribution in [0.25, 0.3) is 5.69 Å². The summed E-state index contributed by atoms with van der Waals surface area (Å²) in [5, 5.41) is 23.4. The van der Waals surface area contributed by atoms with E-state index < -0.39 is 4.92 Å². The summed E-state index contributed by atoms with van der Waals surface area (Å²) in [5.74, 6) is 0.379. The molecule has 0 saturated carbocycles. The van der Waals surface area contributed by atoms with E-state index >= 15 is 0 Å². The molecule has 11 heteroatoms. The van der Waals surface area contributed by atoms with Gasteiger partial charge in [-0.15, -0.1) is 5.10 Å². The van der Waals surface area contributed by atoms with Crippen molar-refractivity contribution in [1.29, 1.82) is 0 Å². The van der Waals surface area contributed by atoms with Gasteiger partial charge in [-0.25, -0.2) is 0 Å². The lowest BCUT2D eigenvalue weighted by atomic mass is 10.3. The molecular formula is C13H13N7O3S. The lowest BCUT2D eigenvalue weighted by molar-refractivity contribution is -0.392. The van der Waals surface area contributed by atoms with Crippen LogP contribution < -0.4 is 4.74 Å². The number of para-hydroxylation sites is 2. The van der Waals surface area contributed by atoms with Gasteiger partial charge in [0.1, 0.15) is 11.4 Å². The van der Waals surface area contributed by atoms with Crippen molar-refractivity contribution in [3.8, 4) is 11.4 Å². The minimum Gasteiger partial charge on any atom is -0.492 e. The molecule has 0 amide bonds. The molecule has 0 aliphatic rings. The van der Waals surface area contributed by atoms with Gasteiger partial charge in [0.15, 0.2) is 5.03 Å². The smallest absolute Gasteiger partial charge is 0.396 e. The number of benzene rings is 1. The molecule has 124 valence electrons. The summed E-state index contributed by atoms with van der Waals surface area (Å²) < 4.78 is 8.62. The van der Waals surface area contributed by atoms with Crippen molar-refractivity contribution in [2.45, 2.75) is 17.1 Å². The van der Waals surface area contributed by atoms with Gasteiger partial charge in [0.25, 0.3) is 0 Å². The summed E-state index contributed by atoms with van der Waals surface area (Å²) in [6.45, 7) is 2.37. The largest absolute Gasteiger partial charge is 0.492 e. The fourth-order valence-electron chi connectivity index (χ4n) is 2.04. The highest BCUT2D eigenvalue weighted by molar-refractivity contribution is 7.99. The molecule has 2 heterocycles. The number of nitro groups is 1. The second-order valence-corrected chi connectivity index (χ2v) is 5.57. The van der Waals surface area contributed by atoms with Crippen molar-refractivity contribution < 1.29 is 9.66 Å². The van der Waals surface area contributed by atoms with Crippen LogP contribution in [0.4, 0.5) is 5.82 Å². The first-order valence-electron chi connectivity index (χ1n) is 6.96. The summed E-state index contributed by atoms with van der Waals surface area (Å²) in [6.07, 6.45) is 1.38. The lowest BCUT2D eigenvalue weighted by Gasteiger charge is -2.10. The molecule has 0 spiro atoms. The molecule has 3 aromatic rings. The Balaban J connectivity index is 2.01. The van der Waals surface area contributed by atoms with Crippen molar-refractivity contribution in [2.24, 2.45) is 7.05 Å². The summed E-state index contributed by atoms with van der Waals surface area (Å²) in [7, 11) is 1.67. The molecule has 3 rings (SSSR count). The van der Waals surface area contributed by atoms with Crippen LogP contribution in [0.15, 0.2) is 40.8 Å². The van der Waals surface area contributed by atoms with E-state index in [0.29, 0.717) is 28.2 Å². The highest BCUT2D eigenvalue weighted by Gasteiger charge is 2.24. The number of aromatic nitrogens is 6. The lowest BCUT2D eigenvalue weighted by Crippen LogP contribution is -2.04. The molecule has 0 fully saturated rings. The van der Waals surface area contributed by atoms with Crippen LogP contribution in [0.2, 0.25) is 0 Å². The van der Waals surface area contributed by atoms with Crippen molar-refractivity contribution in [3.05, 3.63) is 40.7 Å². The molecule has 10 nitrogen and oxygen atoms in total. The quantitative estimate of drug-likeness (QED) is 0.490. The van der Waals surface area contributed by atoms with Crippen LogP contribution in [-0.4, -0.2) is 41.3 Å². The van der Waals surface area contributed by atoms with Gasteiger partial charge >= 0.3 is 5.82 Å². The number of imidazole rings is 1. The standard InChI is InChI=1S/C13H13N7O3S/c1-3-23-10-7-5-4-6-9(10)19-13(15-16-17-19)24-12-11(20(21)22)14-8-18(12)2/h4-8H,3H2,1-2H3. The Bertz CT molecular complexity index is 876. The number of tetrazole rings is 1. The maximum atomic E-state index is 11.1. The molecule has 0 radical (unpaired) electrons. The average Bonchev–Trinajstić information content (AvgIpc) is 3.16. The third-order valence-corrected chi connectivity index (χ3v) is 4.16. The molecule has 0 aliphatic heterocycles. The van der Waals surface area contributed by atoms with Gasteiger partial charge < -0.3 is 19.4 Å². The third-order valence-electron chi connectivity index (χ3n) is 3.06. The van der Waals surface area contributed by atoms with Crippen LogP contribution in [-0.2, 0) is 7.05 Å². The highest BCUT2D eigenvalue weighted by Crippen LogP contribution is 2.34. The SMILES string of the molecule is CCOc1ccccc1-n1nnnc1Sc1c([N+](=O)[O-])ncn1C. The summed E-state index contributed by atoms with van der Waals surface area (Å²) in [5.41, 5.74) is 0.650. The Morgan fingerprint density at radius 1 is 1.38 bits per heavy atom. The molecule has 2 aromatic heterocycles. The number of aryl methyl sites for hydroxylation is 1. The molecule has 0 unspecified atom stereocenters. The van der Waals surface area contributed by atoms with Gasteiger partial charge in [-0.05, 0) is 51.2 Å². The Morgan fingerprint density at radius 3 is 2.92 bits per heavy atom. The molecule has 0 aliphatic carbocycles. The van der Waals surface area contributed by atoms with E-state index in [2.05, 4.69) is 20.5 Å². The molecule has 0 atom stereocenters. The van der Waals surface area contributed by atoms with E-state index in [4.69, 9.17) is 4.74 Å². The summed E-state index contributed by atoms with van der Waals surface area (Å²) >= 11 is 1.06. The Hall–Kier alpha value is -2.95. The van der Waals surface area contributed by atoms with E-state index in [1.807, 2.05) is 31.2 Å². The molecule has 0 N–H and O–H groups in total. The van der Waals surface area contributed by atoms with Crippen molar-refractivity contribution in [3.63, 3.8) is 0 Å². The summed E-state index contributed by atoms with van der Waals surface area (Å²) in [4.78, 5) is 14.3. The second-order valence-electron chi connectivity index (χ2n) is 4.62. The van der Waals surface area contributed by atoms with Gasteiger partial charge in [0.2, 0.25) is 11.5 Å². The topological polar surface area (TPSA) is 114 Å². The van der Waals surface area contributed by atoms with Crippen LogP contribution in [0.3, 0.4) is 0 Å². The van der Waals surface area contributed by atoms with Gasteiger partial charge in [-0.3, -0.25) is 0 Å². The van der Waals surface area contributed by atoms with E-state index in [0.717, 1.165) is 11.8 Å². The van der Waals surface area contributed by atoms with E-state index in [1.165, 1.54) is 11.0 Å². The first kappa shape index (κ1) is 15.9. The van der Waals surface area contributed by atoms with Gasteiger partial charge in [-0.2, -0.15) is 4.68 Å².